The Morgan fingerprint density at radius 2 is 2.05 bits per heavy atom. The average molecular weight is 308 g/mol. The van der Waals surface area contributed by atoms with Crippen molar-refractivity contribution in [3.8, 4) is 0 Å². The van der Waals surface area contributed by atoms with Gasteiger partial charge in [-0.25, -0.2) is 0 Å². The first kappa shape index (κ1) is 16.3. The topological polar surface area (TPSA) is 52.6 Å². The molecule has 1 saturated heterocycles. The van der Waals surface area contributed by atoms with Crippen LogP contribution < -0.4 is 5.32 Å². The minimum atomic E-state index is -0.302. The van der Waals surface area contributed by atoms with E-state index in [1.807, 2.05) is 44.4 Å². The molecule has 1 fully saturated rings. The number of aliphatic hydroxyl groups excluding tert-OH is 1. The summed E-state index contributed by atoms with van der Waals surface area (Å²) in [5.74, 6) is 0.291. The summed E-state index contributed by atoms with van der Waals surface area (Å²) in [7, 11) is 0. The maximum atomic E-state index is 12.3. The molecule has 0 aliphatic carbocycles. The fourth-order valence-corrected chi connectivity index (χ4v) is 3.06. The van der Waals surface area contributed by atoms with Crippen molar-refractivity contribution < 1.29 is 9.90 Å². The maximum Gasteiger partial charge on any atom is 0.241 e. The van der Waals surface area contributed by atoms with Crippen LogP contribution in [0.25, 0.3) is 0 Å². The summed E-state index contributed by atoms with van der Waals surface area (Å²) in [6.45, 7) is 5.41. The molecule has 1 aromatic rings. The molecule has 21 heavy (non-hydrogen) atoms. The molecule has 3 atom stereocenters. The van der Waals surface area contributed by atoms with Crippen molar-refractivity contribution in [2.75, 3.05) is 24.7 Å². The standard InChI is InChI=1S/C16H24N2O2S/c1-11(18-9-8-13(10-18)12(2)19)16(20)17-14-4-6-15(21-3)7-5-14/h4-7,11-13,19H,8-10H2,1-3H3,(H,17,20). The third kappa shape index (κ3) is 4.22. The van der Waals surface area contributed by atoms with Crippen molar-refractivity contribution in [3.63, 3.8) is 0 Å². The number of anilines is 1. The highest BCUT2D eigenvalue weighted by Crippen LogP contribution is 2.22. The maximum absolute atomic E-state index is 12.3. The van der Waals surface area contributed by atoms with Gasteiger partial charge in [0.1, 0.15) is 0 Å². The van der Waals surface area contributed by atoms with Gasteiger partial charge in [-0.3, -0.25) is 9.69 Å². The Bertz CT molecular complexity index is 476. The van der Waals surface area contributed by atoms with Gasteiger partial charge >= 0.3 is 0 Å². The lowest BCUT2D eigenvalue weighted by atomic mass is 10.0. The molecule has 0 saturated carbocycles. The highest BCUT2D eigenvalue weighted by atomic mass is 32.2. The molecule has 1 heterocycles. The fraction of sp³-hybridized carbons (Fsp3) is 0.562. The SMILES string of the molecule is CSc1ccc(NC(=O)C(C)N2CCC(C(C)O)C2)cc1. The van der Waals surface area contributed by atoms with Gasteiger partial charge in [-0.15, -0.1) is 11.8 Å². The van der Waals surface area contributed by atoms with Crippen molar-refractivity contribution in [2.45, 2.75) is 37.3 Å². The molecule has 1 amide bonds. The molecule has 3 unspecified atom stereocenters. The van der Waals surface area contributed by atoms with Gasteiger partial charge < -0.3 is 10.4 Å². The summed E-state index contributed by atoms with van der Waals surface area (Å²) in [5.41, 5.74) is 0.830. The largest absolute Gasteiger partial charge is 0.393 e. The summed E-state index contributed by atoms with van der Waals surface area (Å²) in [6.07, 6.45) is 2.68. The molecule has 0 bridgehead atoms. The highest BCUT2D eigenvalue weighted by Gasteiger charge is 2.31. The van der Waals surface area contributed by atoms with Gasteiger partial charge in [0.05, 0.1) is 12.1 Å². The Labute approximate surface area is 130 Å². The van der Waals surface area contributed by atoms with Crippen LogP contribution in [0.4, 0.5) is 5.69 Å². The van der Waals surface area contributed by atoms with Gasteiger partial charge in [-0.1, -0.05) is 0 Å². The van der Waals surface area contributed by atoms with Gasteiger partial charge in [-0.2, -0.15) is 0 Å². The fourth-order valence-electron chi connectivity index (χ4n) is 2.65. The number of nitrogens with one attached hydrogen (secondary N) is 1. The third-order valence-corrected chi connectivity index (χ3v) is 4.97. The monoisotopic (exact) mass is 308 g/mol. The zero-order valence-electron chi connectivity index (χ0n) is 12.9. The van der Waals surface area contributed by atoms with Gasteiger partial charge in [0.2, 0.25) is 5.91 Å². The van der Waals surface area contributed by atoms with Crippen LogP contribution in [0.1, 0.15) is 20.3 Å². The molecule has 1 aromatic carbocycles. The number of nitrogens with zero attached hydrogens (tertiary/aromatic N) is 1. The van der Waals surface area contributed by atoms with Gasteiger partial charge in [0.25, 0.3) is 0 Å². The van der Waals surface area contributed by atoms with Crippen LogP contribution in [0.5, 0.6) is 0 Å². The van der Waals surface area contributed by atoms with E-state index in [1.165, 1.54) is 4.90 Å². The lowest BCUT2D eigenvalue weighted by Crippen LogP contribution is -2.41. The zero-order valence-corrected chi connectivity index (χ0v) is 13.7. The Kier molecular flexibility index (Phi) is 5.67. The van der Waals surface area contributed by atoms with Gasteiger partial charge in [0.15, 0.2) is 0 Å². The van der Waals surface area contributed by atoms with Crippen LogP contribution in [0.3, 0.4) is 0 Å². The molecule has 0 radical (unpaired) electrons. The summed E-state index contributed by atoms with van der Waals surface area (Å²) < 4.78 is 0. The Morgan fingerprint density at radius 1 is 1.38 bits per heavy atom. The second-order valence-corrected chi connectivity index (χ2v) is 6.56. The molecular formula is C16H24N2O2S. The molecular weight excluding hydrogens is 284 g/mol. The zero-order chi connectivity index (χ0) is 15.4. The van der Waals surface area contributed by atoms with Crippen molar-refractivity contribution in [1.29, 1.82) is 0 Å². The Balaban J connectivity index is 1.90. The second-order valence-electron chi connectivity index (χ2n) is 5.68. The highest BCUT2D eigenvalue weighted by molar-refractivity contribution is 7.98. The summed E-state index contributed by atoms with van der Waals surface area (Å²) in [5, 5.41) is 12.6. The molecule has 0 aromatic heterocycles. The van der Waals surface area contributed by atoms with Crippen molar-refractivity contribution >= 4 is 23.4 Å². The van der Waals surface area contributed by atoms with E-state index in [0.29, 0.717) is 0 Å². The van der Waals surface area contributed by atoms with Crippen LogP contribution in [-0.2, 0) is 4.79 Å². The normalized spacial score (nSPS) is 22.0. The van der Waals surface area contributed by atoms with Crippen molar-refractivity contribution in [2.24, 2.45) is 5.92 Å². The summed E-state index contributed by atoms with van der Waals surface area (Å²) in [6, 6.07) is 7.70. The van der Waals surface area contributed by atoms with E-state index in [2.05, 4.69) is 10.2 Å². The lowest BCUT2D eigenvalue weighted by molar-refractivity contribution is -0.120. The number of aliphatic hydroxyl groups is 1. The predicted molar refractivity (Wildman–Crippen MR) is 87.7 cm³/mol. The van der Waals surface area contributed by atoms with E-state index in [1.54, 1.807) is 11.8 Å². The minimum absolute atomic E-state index is 0.0122. The number of hydrogen-bond donors (Lipinski definition) is 2. The first-order chi connectivity index (χ1) is 10.0. The third-order valence-electron chi connectivity index (χ3n) is 4.22. The van der Waals surface area contributed by atoms with E-state index in [9.17, 15) is 9.90 Å². The number of thioether (sulfide) groups is 1. The van der Waals surface area contributed by atoms with E-state index in [-0.39, 0.29) is 24.0 Å². The summed E-state index contributed by atoms with van der Waals surface area (Å²) in [4.78, 5) is 15.6. The molecule has 1 aliphatic rings. The smallest absolute Gasteiger partial charge is 0.241 e. The van der Waals surface area contributed by atoms with Crippen LogP contribution in [-0.4, -0.2) is 47.4 Å². The van der Waals surface area contributed by atoms with E-state index >= 15 is 0 Å². The molecule has 4 nitrogen and oxygen atoms in total. The minimum Gasteiger partial charge on any atom is -0.393 e. The number of rotatable bonds is 5. The molecule has 116 valence electrons. The molecule has 2 N–H and O–H groups in total. The second kappa shape index (κ2) is 7.29. The Morgan fingerprint density at radius 3 is 2.57 bits per heavy atom. The average Bonchev–Trinajstić information content (AvgIpc) is 2.97. The van der Waals surface area contributed by atoms with Gasteiger partial charge in [-0.05, 0) is 63.3 Å². The number of likely N-dealkylation sites (tertiary alicyclic amines) is 1. The van der Waals surface area contributed by atoms with E-state index in [4.69, 9.17) is 0 Å². The lowest BCUT2D eigenvalue weighted by Gasteiger charge is -2.24. The molecule has 5 heteroatoms. The number of carbonyl (C=O) groups excluding carboxylic acids is 1. The molecule has 2 rings (SSSR count). The van der Waals surface area contributed by atoms with Crippen LogP contribution in [0, 0.1) is 5.92 Å². The van der Waals surface area contributed by atoms with Crippen molar-refractivity contribution in [1.82, 2.24) is 4.90 Å². The van der Waals surface area contributed by atoms with E-state index < -0.39 is 0 Å². The van der Waals surface area contributed by atoms with Crippen LogP contribution in [0.15, 0.2) is 29.2 Å². The van der Waals surface area contributed by atoms with E-state index in [0.717, 1.165) is 25.2 Å². The number of hydrogen-bond acceptors (Lipinski definition) is 4. The first-order valence-electron chi connectivity index (χ1n) is 7.38. The number of amides is 1. The molecule has 0 spiro atoms. The predicted octanol–water partition coefficient (Wildman–Crippen LogP) is 2.44. The van der Waals surface area contributed by atoms with Crippen LogP contribution in [0.2, 0.25) is 0 Å². The van der Waals surface area contributed by atoms with Gasteiger partial charge in [0, 0.05) is 17.1 Å². The number of carbonyl (C=O) groups is 1. The van der Waals surface area contributed by atoms with Crippen LogP contribution >= 0.6 is 11.8 Å². The number of benzene rings is 1. The summed E-state index contributed by atoms with van der Waals surface area (Å²) >= 11 is 1.68. The van der Waals surface area contributed by atoms with Crippen molar-refractivity contribution in [3.05, 3.63) is 24.3 Å². The Hall–Kier alpha value is -1.04. The quantitative estimate of drug-likeness (QED) is 0.820. The first-order valence-corrected chi connectivity index (χ1v) is 8.60. The molecule has 1 aliphatic heterocycles.